The summed E-state index contributed by atoms with van der Waals surface area (Å²) < 4.78 is 0. The van der Waals surface area contributed by atoms with Gasteiger partial charge in [-0.25, -0.2) is 9.97 Å². The van der Waals surface area contributed by atoms with Crippen molar-refractivity contribution in [3.8, 4) is 0 Å². The van der Waals surface area contributed by atoms with Gasteiger partial charge in [0, 0.05) is 22.9 Å². The van der Waals surface area contributed by atoms with Gasteiger partial charge in [0.2, 0.25) is 0 Å². The molecule has 0 radical (unpaired) electrons. The van der Waals surface area contributed by atoms with Crippen LogP contribution in [0.25, 0.3) is 0 Å². The van der Waals surface area contributed by atoms with Gasteiger partial charge in [-0.05, 0) is 20.3 Å². The quantitative estimate of drug-likeness (QED) is 0.848. The van der Waals surface area contributed by atoms with Gasteiger partial charge in [-0.2, -0.15) is 0 Å². The minimum atomic E-state index is -0.842. The van der Waals surface area contributed by atoms with E-state index in [1.807, 2.05) is 13.8 Å². The zero-order chi connectivity index (χ0) is 12.3. The van der Waals surface area contributed by atoms with Crippen molar-refractivity contribution in [1.82, 2.24) is 9.97 Å². The SMILES string of the molecule is CC[C@H](C)c1nc(C)c(CC(=O)O)c(C)n1. The van der Waals surface area contributed by atoms with Gasteiger partial charge in [0.15, 0.2) is 0 Å². The third-order valence-electron chi connectivity index (χ3n) is 2.82. The topological polar surface area (TPSA) is 63.1 Å². The molecule has 0 bridgehead atoms. The molecule has 0 aromatic carbocycles. The van der Waals surface area contributed by atoms with Gasteiger partial charge in [0.05, 0.1) is 6.42 Å². The Balaban J connectivity index is 3.12. The molecule has 16 heavy (non-hydrogen) atoms. The number of aromatic nitrogens is 2. The lowest BCUT2D eigenvalue weighted by atomic mass is 10.1. The van der Waals surface area contributed by atoms with Crippen LogP contribution in [-0.4, -0.2) is 21.0 Å². The van der Waals surface area contributed by atoms with Crippen molar-refractivity contribution < 1.29 is 9.90 Å². The Morgan fingerprint density at radius 3 is 2.19 bits per heavy atom. The van der Waals surface area contributed by atoms with Crippen LogP contribution in [0.5, 0.6) is 0 Å². The maximum atomic E-state index is 10.7. The largest absolute Gasteiger partial charge is 0.481 e. The Hall–Kier alpha value is -1.45. The van der Waals surface area contributed by atoms with Crippen molar-refractivity contribution in [3.05, 3.63) is 22.8 Å². The first-order valence-electron chi connectivity index (χ1n) is 5.51. The minimum Gasteiger partial charge on any atom is -0.481 e. The van der Waals surface area contributed by atoms with Crippen molar-refractivity contribution >= 4 is 5.97 Å². The highest BCUT2D eigenvalue weighted by Crippen LogP contribution is 2.18. The van der Waals surface area contributed by atoms with E-state index in [-0.39, 0.29) is 6.42 Å². The summed E-state index contributed by atoms with van der Waals surface area (Å²) in [7, 11) is 0. The molecule has 0 saturated heterocycles. The van der Waals surface area contributed by atoms with Gasteiger partial charge in [-0.15, -0.1) is 0 Å². The van der Waals surface area contributed by atoms with Crippen LogP contribution >= 0.6 is 0 Å². The lowest BCUT2D eigenvalue weighted by molar-refractivity contribution is -0.136. The summed E-state index contributed by atoms with van der Waals surface area (Å²) in [5, 5.41) is 8.78. The van der Waals surface area contributed by atoms with Gasteiger partial charge < -0.3 is 5.11 Å². The number of carboxylic acid groups (broad SMARTS) is 1. The highest BCUT2D eigenvalue weighted by atomic mass is 16.4. The Labute approximate surface area is 95.7 Å². The second-order valence-electron chi connectivity index (χ2n) is 4.11. The fourth-order valence-electron chi connectivity index (χ4n) is 1.58. The van der Waals surface area contributed by atoms with Crippen molar-refractivity contribution in [2.45, 2.75) is 46.5 Å². The van der Waals surface area contributed by atoms with Crippen LogP contribution in [0.3, 0.4) is 0 Å². The first-order valence-corrected chi connectivity index (χ1v) is 5.51. The maximum absolute atomic E-state index is 10.7. The average molecular weight is 222 g/mol. The molecule has 4 heteroatoms. The second kappa shape index (κ2) is 5.05. The lowest BCUT2D eigenvalue weighted by Crippen LogP contribution is -2.11. The first-order chi connectivity index (χ1) is 7.45. The molecule has 1 aromatic heterocycles. The molecule has 1 heterocycles. The maximum Gasteiger partial charge on any atom is 0.307 e. The molecule has 0 amide bonds. The van der Waals surface area contributed by atoms with E-state index < -0.39 is 5.97 Å². The van der Waals surface area contributed by atoms with E-state index in [0.717, 1.165) is 29.2 Å². The van der Waals surface area contributed by atoms with E-state index >= 15 is 0 Å². The molecule has 1 aromatic rings. The molecule has 88 valence electrons. The number of hydrogen-bond acceptors (Lipinski definition) is 3. The highest BCUT2D eigenvalue weighted by Gasteiger charge is 2.14. The summed E-state index contributed by atoms with van der Waals surface area (Å²) in [4.78, 5) is 19.5. The number of carbonyl (C=O) groups is 1. The van der Waals surface area contributed by atoms with Crippen LogP contribution in [0.15, 0.2) is 0 Å². The molecular weight excluding hydrogens is 204 g/mol. The molecule has 0 fully saturated rings. The van der Waals surface area contributed by atoms with Crippen LogP contribution < -0.4 is 0 Å². The van der Waals surface area contributed by atoms with Crippen LogP contribution in [0, 0.1) is 13.8 Å². The second-order valence-corrected chi connectivity index (χ2v) is 4.11. The van der Waals surface area contributed by atoms with Gasteiger partial charge >= 0.3 is 5.97 Å². The molecule has 1 N–H and O–H groups in total. The molecular formula is C12H18N2O2. The predicted octanol–water partition coefficient (Wildman–Crippen LogP) is 2.23. The molecule has 0 unspecified atom stereocenters. The number of nitrogens with zero attached hydrogens (tertiary/aromatic N) is 2. The third kappa shape index (κ3) is 2.78. The summed E-state index contributed by atoms with van der Waals surface area (Å²) in [5.41, 5.74) is 2.30. The zero-order valence-corrected chi connectivity index (χ0v) is 10.2. The summed E-state index contributed by atoms with van der Waals surface area (Å²) in [5.74, 6) is 0.286. The summed E-state index contributed by atoms with van der Waals surface area (Å²) in [6, 6.07) is 0. The van der Waals surface area contributed by atoms with Gasteiger partial charge in [0.25, 0.3) is 0 Å². The smallest absolute Gasteiger partial charge is 0.307 e. The normalized spacial score (nSPS) is 12.5. The first kappa shape index (κ1) is 12.6. The number of carboxylic acids is 1. The molecule has 0 saturated carbocycles. The summed E-state index contributed by atoms with van der Waals surface area (Å²) in [6.45, 7) is 7.85. The number of hydrogen-bond donors (Lipinski definition) is 1. The van der Waals surface area contributed by atoms with Gasteiger partial charge in [-0.1, -0.05) is 13.8 Å². The van der Waals surface area contributed by atoms with E-state index in [2.05, 4.69) is 23.8 Å². The fraction of sp³-hybridized carbons (Fsp3) is 0.583. The summed E-state index contributed by atoms with van der Waals surface area (Å²) >= 11 is 0. The standard InChI is InChI=1S/C12H18N2O2/c1-5-7(2)12-13-8(3)10(6-11(15)16)9(4)14-12/h7H,5-6H2,1-4H3,(H,15,16)/t7-/m0/s1. The fourth-order valence-corrected chi connectivity index (χ4v) is 1.58. The Morgan fingerprint density at radius 1 is 1.31 bits per heavy atom. The number of rotatable bonds is 4. The Bertz CT molecular complexity index is 379. The lowest BCUT2D eigenvalue weighted by Gasteiger charge is -2.12. The van der Waals surface area contributed by atoms with E-state index in [0.29, 0.717) is 5.92 Å². The molecule has 1 rings (SSSR count). The van der Waals surface area contributed by atoms with Crippen LogP contribution in [0.4, 0.5) is 0 Å². The van der Waals surface area contributed by atoms with Crippen LogP contribution in [0.1, 0.15) is 49.0 Å². The molecule has 0 aliphatic carbocycles. The van der Waals surface area contributed by atoms with Crippen molar-refractivity contribution in [2.24, 2.45) is 0 Å². The average Bonchev–Trinajstić information content (AvgIpc) is 2.21. The van der Waals surface area contributed by atoms with E-state index in [1.165, 1.54) is 0 Å². The number of aryl methyl sites for hydroxylation is 2. The predicted molar refractivity (Wildman–Crippen MR) is 61.6 cm³/mol. The van der Waals surface area contributed by atoms with E-state index in [4.69, 9.17) is 5.11 Å². The van der Waals surface area contributed by atoms with Crippen molar-refractivity contribution in [3.63, 3.8) is 0 Å². The van der Waals surface area contributed by atoms with Gasteiger partial charge in [0.1, 0.15) is 5.82 Å². The Morgan fingerprint density at radius 2 is 1.81 bits per heavy atom. The van der Waals surface area contributed by atoms with Crippen molar-refractivity contribution in [1.29, 1.82) is 0 Å². The summed E-state index contributed by atoms with van der Waals surface area (Å²) in [6.07, 6.45) is 0.982. The molecule has 0 aliphatic heterocycles. The highest BCUT2D eigenvalue weighted by molar-refractivity contribution is 5.70. The molecule has 0 aliphatic rings. The van der Waals surface area contributed by atoms with Crippen LogP contribution in [-0.2, 0) is 11.2 Å². The van der Waals surface area contributed by atoms with Gasteiger partial charge in [-0.3, -0.25) is 4.79 Å². The third-order valence-corrected chi connectivity index (χ3v) is 2.82. The van der Waals surface area contributed by atoms with E-state index in [9.17, 15) is 4.79 Å². The number of aliphatic carboxylic acids is 1. The minimum absolute atomic E-state index is 0.00154. The zero-order valence-electron chi connectivity index (χ0n) is 10.2. The molecule has 0 spiro atoms. The van der Waals surface area contributed by atoms with E-state index in [1.54, 1.807) is 0 Å². The van der Waals surface area contributed by atoms with Crippen LogP contribution in [0.2, 0.25) is 0 Å². The monoisotopic (exact) mass is 222 g/mol. The molecule has 4 nitrogen and oxygen atoms in total. The molecule has 1 atom stereocenters. The van der Waals surface area contributed by atoms with Crippen molar-refractivity contribution in [2.75, 3.05) is 0 Å². The Kier molecular flexibility index (Phi) is 3.99.